The lowest BCUT2D eigenvalue weighted by atomic mass is 10.2. The maximum atomic E-state index is 12.6. The van der Waals surface area contributed by atoms with Gasteiger partial charge in [-0.25, -0.2) is 9.97 Å². The smallest absolute Gasteiger partial charge is 0.257 e. The molecule has 0 atom stereocenters. The number of aromatic nitrogens is 4. The first-order valence-electron chi connectivity index (χ1n) is 7.58. The van der Waals surface area contributed by atoms with Crippen molar-refractivity contribution in [1.29, 1.82) is 0 Å². The van der Waals surface area contributed by atoms with Crippen LogP contribution in [0.5, 0.6) is 0 Å². The van der Waals surface area contributed by atoms with Gasteiger partial charge in [-0.15, -0.1) is 11.3 Å². The standard InChI is InChI=1S/C17H19N5OS/c1-11-14(12(2)22(4)20-11)10-21(3)17(23)13-8-18-16(19-9-13)15-6-5-7-24-15/h5-9H,10H2,1-4H3. The molecule has 0 aromatic carbocycles. The third-order valence-corrected chi connectivity index (χ3v) is 4.91. The fourth-order valence-corrected chi connectivity index (χ4v) is 3.22. The van der Waals surface area contributed by atoms with E-state index >= 15 is 0 Å². The van der Waals surface area contributed by atoms with Crippen LogP contribution in [0.1, 0.15) is 27.3 Å². The van der Waals surface area contributed by atoms with E-state index < -0.39 is 0 Å². The number of aryl methyl sites for hydroxylation is 2. The molecule has 0 fully saturated rings. The van der Waals surface area contributed by atoms with Crippen LogP contribution in [-0.4, -0.2) is 37.6 Å². The number of thiophene rings is 1. The second-order valence-electron chi connectivity index (χ2n) is 5.71. The molecule has 0 saturated heterocycles. The molecule has 6 nitrogen and oxygen atoms in total. The highest BCUT2D eigenvalue weighted by atomic mass is 32.1. The number of rotatable bonds is 4. The Labute approximate surface area is 144 Å². The van der Waals surface area contributed by atoms with Gasteiger partial charge in [-0.1, -0.05) is 6.07 Å². The maximum Gasteiger partial charge on any atom is 0.257 e. The molecule has 3 aromatic heterocycles. The molecule has 3 heterocycles. The van der Waals surface area contributed by atoms with Gasteiger partial charge in [0.15, 0.2) is 5.82 Å². The molecule has 0 spiro atoms. The van der Waals surface area contributed by atoms with Gasteiger partial charge in [0.2, 0.25) is 0 Å². The van der Waals surface area contributed by atoms with E-state index in [9.17, 15) is 4.79 Å². The average molecular weight is 341 g/mol. The number of carbonyl (C=O) groups is 1. The van der Waals surface area contributed by atoms with E-state index in [-0.39, 0.29) is 5.91 Å². The molecule has 0 saturated carbocycles. The van der Waals surface area contributed by atoms with E-state index in [1.165, 1.54) is 0 Å². The van der Waals surface area contributed by atoms with Gasteiger partial charge >= 0.3 is 0 Å². The van der Waals surface area contributed by atoms with Crippen LogP contribution in [0.15, 0.2) is 29.9 Å². The third kappa shape index (κ3) is 3.07. The van der Waals surface area contributed by atoms with Gasteiger partial charge in [0, 0.05) is 44.3 Å². The van der Waals surface area contributed by atoms with Crippen molar-refractivity contribution in [2.24, 2.45) is 7.05 Å². The highest BCUT2D eigenvalue weighted by Crippen LogP contribution is 2.20. The van der Waals surface area contributed by atoms with Crippen LogP contribution in [0.4, 0.5) is 0 Å². The van der Waals surface area contributed by atoms with Crippen LogP contribution in [-0.2, 0) is 13.6 Å². The minimum absolute atomic E-state index is 0.101. The van der Waals surface area contributed by atoms with E-state index in [1.807, 2.05) is 43.1 Å². The molecule has 0 aliphatic rings. The fraction of sp³-hybridized carbons (Fsp3) is 0.294. The summed E-state index contributed by atoms with van der Waals surface area (Å²) < 4.78 is 1.84. The largest absolute Gasteiger partial charge is 0.337 e. The molecule has 1 amide bonds. The second-order valence-corrected chi connectivity index (χ2v) is 6.65. The van der Waals surface area contributed by atoms with Gasteiger partial charge in [0.25, 0.3) is 5.91 Å². The summed E-state index contributed by atoms with van der Waals surface area (Å²) in [5.74, 6) is 0.540. The minimum atomic E-state index is -0.101. The Kier molecular flexibility index (Phi) is 4.44. The Hall–Kier alpha value is -2.54. The summed E-state index contributed by atoms with van der Waals surface area (Å²) in [6.07, 6.45) is 3.17. The number of amides is 1. The second kappa shape index (κ2) is 6.52. The summed E-state index contributed by atoms with van der Waals surface area (Å²) in [6.45, 7) is 4.48. The summed E-state index contributed by atoms with van der Waals surface area (Å²) in [5, 5.41) is 6.37. The molecule has 0 aliphatic carbocycles. The molecular weight excluding hydrogens is 322 g/mol. The SMILES string of the molecule is Cc1nn(C)c(C)c1CN(C)C(=O)c1cnc(-c2cccs2)nc1. The van der Waals surface area contributed by atoms with Crippen LogP contribution in [0.3, 0.4) is 0 Å². The quantitative estimate of drug-likeness (QED) is 0.732. The third-order valence-electron chi connectivity index (χ3n) is 4.04. The van der Waals surface area contributed by atoms with Crippen LogP contribution in [0.25, 0.3) is 10.7 Å². The Morgan fingerprint density at radius 3 is 2.54 bits per heavy atom. The van der Waals surface area contributed by atoms with Crippen molar-refractivity contribution < 1.29 is 4.79 Å². The maximum absolute atomic E-state index is 12.6. The van der Waals surface area contributed by atoms with E-state index in [1.54, 1.807) is 35.7 Å². The Bertz CT molecular complexity index is 852. The van der Waals surface area contributed by atoms with Gasteiger partial charge in [0.1, 0.15) is 0 Å². The molecule has 0 N–H and O–H groups in total. The van der Waals surface area contributed by atoms with Gasteiger partial charge in [0.05, 0.1) is 16.1 Å². The average Bonchev–Trinajstić information content (AvgIpc) is 3.19. The number of hydrogen-bond donors (Lipinski definition) is 0. The molecule has 7 heteroatoms. The molecule has 3 rings (SSSR count). The Morgan fingerprint density at radius 2 is 2.00 bits per heavy atom. The lowest BCUT2D eigenvalue weighted by molar-refractivity contribution is 0.0784. The topological polar surface area (TPSA) is 63.9 Å². The van der Waals surface area contributed by atoms with Crippen molar-refractivity contribution in [1.82, 2.24) is 24.6 Å². The van der Waals surface area contributed by atoms with Crippen molar-refractivity contribution >= 4 is 17.2 Å². The summed E-state index contributed by atoms with van der Waals surface area (Å²) >= 11 is 1.57. The Morgan fingerprint density at radius 1 is 1.29 bits per heavy atom. The lowest BCUT2D eigenvalue weighted by Gasteiger charge is -2.17. The van der Waals surface area contributed by atoms with Crippen LogP contribution < -0.4 is 0 Å². The summed E-state index contributed by atoms with van der Waals surface area (Å²) in [4.78, 5) is 23.9. The minimum Gasteiger partial charge on any atom is -0.337 e. The summed E-state index contributed by atoms with van der Waals surface area (Å²) in [7, 11) is 3.69. The highest BCUT2D eigenvalue weighted by Gasteiger charge is 2.17. The predicted molar refractivity (Wildman–Crippen MR) is 93.8 cm³/mol. The van der Waals surface area contributed by atoms with Gasteiger partial charge < -0.3 is 4.90 Å². The van der Waals surface area contributed by atoms with Crippen molar-refractivity contribution in [3.8, 4) is 10.7 Å². The number of nitrogens with zero attached hydrogens (tertiary/aromatic N) is 5. The van der Waals surface area contributed by atoms with Gasteiger partial charge in [-0.05, 0) is 25.3 Å². The molecule has 3 aromatic rings. The van der Waals surface area contributed by atoms with E-state index in [0.717, 1.165) is 21.8 Å². The molecular formula is C17H19N5OS. The van der Waals surface area contributed by atoms with E-state index in [0.29, 0.717) is 17.9 Å². The molecule has 0 unspecified atom stereocenters. The zero-order valence-corrected chi connectivity index (χ0v) is 15.0. The van der Waals surface area contributed by atoms with Crippen LogP contribution >= 0.6 is 11.3 Å². The van der Waals surface area contributed by atoms with Crippen LogP contribution in [0, 0.1) is 13.8 Å². The van der Waals surface area contributed by atoms with Gasteiger partial charge in [-0.3, -0.25) is 9.48 Å². The van der Waals surface area contributed by atoms with Gasteiger partial charge in [-0.2, -0.15) is 5.10 Å². The van der Waals surface area contributed by atoms with Crippen molar-refractivity contribution in [3.05, 3.63) is 52.4 Å². The zero-order chi connectivity index (χ0) is 17.3. The Balaban J connectivity index is 1.76. The first-order chi connectivity index (χ1) is 11.5. The predicted octanol–water partition coefficient (Wildman–Crippen LogP) is 2.83. The van der Waals surface area contributed by atoms with E-state index in [4.69, 9.17) is 0 Å². The molecule has 0 bridgehead atoms. The lowest BCUT2D eigenvalue weighted by Crippen LogP contribution is -2.27. The molecule has 0 radical (unpaired) electrons. The molecule has 124 valence electrons. The first-order valence-corrected chi connectivity index (χ1v) is 8.45. The summed E-state index contributed by atoms with van der Waals surface area (Å²) in [5.41, 5.74) is 3.57. The zero-order valence-electron chi connectivity index (χ0n) is 14.1. The van der Waals surface area contributed by atoms with Crippen molar-refractivity contribution in [2.75, 3.05) is 7.05 Å². The number of carbonyl (C=O) groups excluding carboxylic acids is 1. The van der Waals surface area contributed by atoms with Crippen molar-refractivity contribution in [3.63, 3.8) is 0 Å². The normalized spacial score (nSPS) is 10.8. The van der Waals surface area contributed by atoms with E-state index in [2.05, 4.69) is 15.1 Å². The molecule has 24 heavy (non-hydrogen) atoms. The van der Waals surface area contributed by atoms with Crippen LogP contribution in [0.2, 0.25) is 0 Å². The van der Waals surface area contributed by atoms with Crippen molar-refractivity contribution in [2.45, 2.75) is 20.4 Å². The monoisotopic (exact) mass is 341 g/mol. The first kappa shape index (κ1) is 16.3. The number of hydrogen-bond acceptors (Lipinski definition) is 5. The molecule has 0 aliphatic heterocycles. The highest BCUT2D eigenvalue weighted by molar-refractivity contribution is 7.13. The fourth-order valence-electron chi connectivity index (χ4n) is 2.55. The summed E-state index contributed by atoms with van der Waals surface area (Å²) in [6, 6.07) is 3.91.